The molecular weight excluding hydrogens is 470 g/mol. The van der Waals surface area contributed by atoms with Gasteiger partial charge >= 0.3 is 0 Å². The molecule has 34 heavy (non-hydrogen) atoms. The van der Waals surface area contributed by atoms with Gasteiger partial charge in [0.2, 0.25) is 5.91 Å². The van der Waals surface area contributed by atoms with Crippen molar-refractivity contribution >= 4 is 44.4 Å². The Morgan fingerprint density at radius 2 is 1.71 bits per heavy atom. The Morgan fingerprint density at radius 1 is 1.03 bits per heavy atom. The van der Waals surface area contributed by atoms with Crippen LogP contribution in [0.15, 0.2) is 82.8 Å². The van der Waals surface area contributed by atoms with Gasteiger partial charge in [-0.15, -0.1) is 0 Å². The Hall–Kier alpha value is -3.30. The number of fused-ring (bicyclic) bond motifs is 1. The van der Waals surface area contributed by atoms with Gasteiger partial charge in [-0.25, -0.2) is 17.4 Å². The lowest BCUT2D eigenvalue weighted by molar-refractivity contribution is -0.113. The van der Waals surface area contributed by atoms with E-state index in [9.17, 15) is 13.2 Å². The third-order valence-electron chi connectivity index (χ3n) is 5.28. The molecule has 1 N–H and O–H groups in total. The average molecular weight is 496 g/mol. The summed E-state index contributed by atoms with van der Waals surface area (Å²) in [5.41, 5.74) is 2.86. The van der Waals surface area contributed by atoms with Gasteiger partial charge in [0.25, 0.3) is 10.0 Å². The Kier molecular flexibility index (Phi) is 6.95. The van der Waals surface area contributed by atoms with Crippen LogP contribution >= 0.6 is 11.8 Å². The predicted octanol–water partition coefficient (Wildman–Crippen LogP) is 5.14. The van der Waals surface area contributed by atoms with Gasteiger partial charge in [-0.05, 0) is 60.0 Å². The van der Waals surface area contributed by atoms with Crippen LogP contribution in [0.4, 0.5) is 5.69 Å². The zero-order chi connectivity index (χ0) is 24.3. The van der Waals surface area contributed by atoms with Crippen molar-refractivity contribution in [2.24, 2.45) is 0 Å². The minimum atomic E-state index is -3.95. The molecule has 1 aromatic heterocycles. The van der Waals surface area contributed by atoms with Gasteiger partial charge in [-0.1, -0.05) is 49.9 Å². The van der Waals surface area contributed by atoms with Crippen molar-refractivity contribution in [1.29, 1.82) is 0 Å². The van der Waals surface area contributed by atoms with E-state index < -0.39 is 10.0 Å². The van der Waals surface area contributed by atoms with Crippen LogP contribution in [0.1, 0.15) is 25.3 Å². The van der Waals surface area contributed by atoms with E-state index in [2.05, 4.69) is 24.1 Å². The first-order chi connectivity index (χ1) is 16.3. The second-order valence-electron chi connectivity index (χ2n) is 7.94. The van der Waals surface area contributed by atoms with E-state index in [0.29, 0.717) is 28.4 Å². The van der Waals surface area contributed by atoms with Gasteiger partial charge in [0.05, 0.1) is 28.8 Å². The molecule has 0 bridgehead atoms. The fourth-order valence-electron chi connectivity index (χ4n) is 3.44. The number of methoxy groups -OCH3 is 1. The number of carbonyl (C=O) groups is 1. The van der Waals surface area contributed by atoms with Crippen molar-refractivity contribution < 1.29 is 17.9 Å². The molecule has 0 radical (unpaired) electrons. The largest absolute Gasteiger partial charge is 0.497 e. The van der Waals surface area contributed by atoms with Crippen LogP contribution in [-0.2, 0) is 14.8 Å². The monoisotopic (exact) mass is 495 g/mol. The van der Waals surface area contributed by atoms with Gasteiger partial charge in [0.15, 0.2) is 5.16 Å². The maximum absolute atomic E-state index is 13.5. The molecule has 0 saturated heterocycles. The van der Waals surface area contributed by atoms with E-state index >= 15 is 0 Å². The zero-order valence-corrected chi connectivity index (χ0v) is 20.7. The molecule has 3 aromatic carbocycles. The smallest absolute Gasteiger partial charge is 0.270 e. The highest BCUT2D eigenvalue weighted by atomic mass is 32.2. The van der Waals surface area contributed by atoms with Gasteiger partial charge in [-0.3, -0.25) is 4.79 Å². The van der Waals surface area contributed by atoms with Crippen LogP contribution in [0.2, 0.25) is 0 Å². The van der Waals surface area contributed by atoms with E-state index in [4.69, 9.17) is 4.74 Å². The van der Waals surface area contributed by atoms with Crippen LogP contribution in [0.25, 0.3) is 11.0 Å². The molecule has 0 atom stereocenters. The number of imidazole rings is 1. The molecule has 0 aliphatic rings. The van der Waals surface area contributed by atoms with Crippen LogP contribution in [-0.4, -0.2) is 36.1 Å². The number of rotatable bonds is 8. The van der Waals surface area contributed by atoms with Crippen molar-refractivity contribution in [3.8, 4) is 5.75 Å². The lowest BCUT2D eigenvalue weighted by atomic mass is 10.0. The summed E-state index contributed by atoms with van der Waals surface area (Å²) in [6.07, 6.45) is 0. The number of nitrogens with zero attached hydrogens (tertiary/aromatic N) is 2. The summed E-state index contributed by atoms with van der Waals surface area (Å²) in [4.78, 5) is 17.2. The lowest BCUT2D eigenvalue weighted by Crippen LogP contribution is -2.17. The summed E-state index contributed by atoms with van der Waals surface area (Å²) in [6.45, 7) is 4.21. The molecule has 0 saturated carbocycles. The third-order valence-corrected chi connectivity index (χ3v) is 8.05. The van der Waals surface area contributed by atoms with E-state index in [1.807, 2.05) is 24.3 Å². The highest BCUT2D eigenvalue weighted by Gasteiger charge is 2.25. The van der Waals surface area contributed by atoms with Crippen LogP contribution in [0, 0.1) is 0 Å². The maximum Gasteiger partial charge on any atom is 0.270 e. The number of hydrogen-bond acceptors (Lipinski definition) is 6. The number of amides is 1. The summed E-state index contributed by atoms with van der Waals surface area (Å²) in [6, 6.07) is 20.8. The number of thioether (sulfide) groups is 1. The second kappa shape index (κ2) is 9.90. The Morgan fingerprint density at radius 3 is 2.35 bits per heavy atom. The molecule has 176 valence electrons. The standard InChI is InChI=1S/C25H25N3O4S2/c1-17(2)18-8-10-19(11-9-18)26-24(29)16-33-25-27-22-6-4-5-7-23(22)28(25)34(30,31)21-14-12-20(32-3)13-15-21/h4-15,17H,16H2,1-3H3,(H,26,29). The average Bonchev–Trinajstić information content (AvgIpc) is 3.22. The molecular formula is C25H25N3O4S2. The Labute approximate surface area is 203 Å². The summed E-state index contributed by atoms with van der Waals surface area (Å²) in [7, 11) is -2.43. The molecule has 1 heterocycles. The quantitative estimate of drug-likeness (QED) is 0.341. The number of hydrogen-bond donors (Lipinski definition) is 1. The summed E-state index contributed by atoms with van der Waals surface area (Å²) in [5, 5.41) is 3.08. The first kappa shape index (κ1) is 23.8. The molecule has 0 aliphatic heterocycles. The summed E-state index contributed by atoms with van der Waals surface area (Å²) >= 11 is 1.07. The highest BCUT2D eigenvalue weighted by Crippen LogP contribution is 2.30. The van der Waals surface area contributed by atoms with Crippen molar-refractivity contribution in [3.63, 3.8) is 0 Å². The highest BCUT2D eigenvalue weighted by molar-refractivity contribution is 8.00. The zero-order valence-electron chi connectivity index (χ0n) is 19.1. The molecule has 4 rings (SSSR count). The Balaban J connectivity index is 1.59. The predicted molar refractivity (Wildman–Crippen MR) is 135 cm³/mol. The van der Waals surface area contributed by atoms with Crippen LogP contribution in [0.3, 0.4) is 0 Å². The van der Waals surface area contributed by atoms with E-state index in [-0.39, 0.29) is 21.7 Å². The minimum absolute atomic E-state index is 0.00733. The summed E-state index contributed by atoms with van der Waals surface area (Å²) in [5.74, 6) is 0.721. The molecule has 1 amide bonds. The number of aromatic nitrogens is 2. The van der Waals surface area contributed by atoms with E-state index in [1.165, 1.54) is 28.8 Å². The van der Waals surface area contributed by atoms with Crippen molar-refractivity contribution in [2.75, 3.05) is 18.2 Å². The number of nitrogens with one attached hydrogen (secondary N) is 1. The number of para-hydroxylation sites is 2. The maximum atomic E-state index is 13.5. The topological polar surface area (TPSA) is 90.3 Å². The number of benzene rings is 3. The SMILES string of the molecule is COc1ccc(S(=O)(=O)n2c(SCC(=O)Nc3ccc(C(C)C)cc3)nc3ccccc32)cc1. The van der Waals surface area contributed by atoms with Crippen LogP contribution < -0.4 is 10.1 Å². The number of anilines is 1. The first-order valence-corrected chi connectivity index (χ1v) is 13.1. The molecule has 7 nitrogen and oxygen atoms in total. The number of ether oxygens (including phenoxy) is 1. The molecule has 4 aromatic rings. The molecule has 9 heteroatoms. The van der Waals surface area contributed by atoms with Crippen molar-refractivity contribution in [1.82, 2.24) is 8.96 Å². The fraction of sp³-hybridized carbons (Fsp3) is 0.200. The van der Waals surface area contributed by atoms with E-state index in [0.717, 1.165) is 11.8 Å². The van der Waals surface area contributed by atoms with Gasteiger partial charge in [0, 0.05) is 5.69 Å². The van der Waals surface area contributed by atoms with Crippen molar-refractivity contribution in [3.05, 3.63) is 78.4 Å². The molecule has 0 aliphatic carbocycles. The number of carbonyl (C=O) groups excluding carboxylic acids is 1. The normalized spacial score (nSPS) is 11.6. The lowest BCUT2D eigenvalue weighted by Gasteiger charge is -2.11. The van der Waals surface area contributed by atoms with Crippen LogP contribution in [0.5, 0.6) is 5.75 Å². The third kappa shape index (κ3) is 4.95. The fourth-order valence-corrected chi connectivity index (χ4v) is 5.95. The van der Waals surface area contributed by atoms with E-state index in [1.54, 1.807) is 36.4 Å². The van der Waals surface area contributed by atoms with Gasteiger partial charge in [0.1, 0.15) is 5.75 Å². The van der Waals surface area contributed by atoms with Gasteiger partial charge in [-0.2, -0.15) is 0 Å². The van der Waals surface area contributed by atoms with Gasteiger partial charge < -0.3 is 10.1 Å². The first-order valence-electron chi connectivity index (χ1n) is 10.7. The Bertz CT molecular complexity index is 1410. The second-order valence-corrected chi connectivity index (χ2v) is 10.7. The molecule has 0 spiro atoms. The molecule has 0 fully saturated rings. The minimum Gasteiger partial charge on any atom is -0.497 e. The van der Waals surface area contributed by atoms with Crippen molar-refractivity contribution in [2.45, 2.75) is 29.8 Å². The molecule has 0 unspecified atom stereocenters. The summed E-state index contributed by atoms with van der Waals surface area (Å²) < 4.78 is 33.4.